The third-order valence-electron chi connectivity index (χ3n) is 3.95. The van der Waals surface area contributed by atoms with Crippen LogP contribution in [0.3, 0.4) is 0 Å². The van der Waals surface area contributed by atoms with Gasteiger partial charge in [0.1, 0.15) is 17.4 Å². The normalized spacial score (nSPS) is 12.3. The lowest BCUT2D eigenvalue weighted by Gasteiger charge is -2.21. The highest BCUT2D eigenvalue weighted by Crippen LogP contribution is 2.33. The number of alkyl halides is 3. The maximum absolute atomic E-state index is 14.6. The molecule has 0 aliphatic carbocycles. The Morgan fingerprint density at radius 1 is 1.03 bits per heavy atom. The average molecular weight is 480 g/mol. The van der Waals surface area contributed by atoms with Crippen molar-refractivity contribution in [2.24, 2.45) is 0 Å². The van der Waals surface area contributed by atoms with E-state index >= 15 is 0 Å². The van der Waals surface area contributed by atoms with Gasteiger partial charge in [-0.1, -0.05) is 17.7 Å². The molecule has 3 amide bonds. The summed E-state index contributed by atoms with van der Waals surface area (Å²) >= 11 is 5.84. The quantitative estimate of drug-likeness (QED) is 0.463. The van der Waals surface area contributed by atoms with Gasteiger partial charge in [-0.3, -0.25) is 4.79 Å². The number of carbonyl (C=O) groups is 2. The molecule has 32 heavy (non-hydrogen) atoms. The molecule has 0 aromatic heterocycles. The molecule has 1 atom stereocenters. The van der Waals surface area contributed by atoms with Crippen molar-refractivity contribution in [1.82, 2.24) is 5.32 Å². The smallest absolute Gasteiger partial charge is 0.425 e. The van der Waals surface area contributed by atoms with Gasteiger partial charge in [0.15, 0.2) is 6.10 Å². The monoisotopic (exact) mass is 479 g/mol. The van der Waals surface area contributed by atoms with Crippen LogP contribution in [0.5, 0.6) is 5.75 Å². The molecule has 12 heteroatoms. The highest BCUT2D eigenvalue weighted by molar-refractivity contribution is 6.34. The van der Waals surface area contributed by atoms with E-state index in [9.17, 15) is 31.5 Å². The molecule has 2 aromatic carbocycles. The lowest BCUT2D eigenvalue weighted by atomic mass is 10.1. The van der Waals surface area contributed by atoms with E-state index in [1.165, 1.54) is 12.1 Å². The van der Waals surface area contributed by atoms with Crippen molar-refractivity contribution in [3.63, 3.8) is 0 Å². The Labute approximate surface area is 185 Å². The summed E-state index contributed by atoms with van der Waals surface area (Å²) in [5.41, 5.74) is -1.66. The predicted octanol–water partition coefficient (Wildman–Crippen LogP) is 5.73. The van der Waals surface area contributed by atoms with Gasteiger partial charge in [-0.25, -0.2) is 13.6 Å². The minimum atomic E-state index is -4.81. The van der Waals surface area contributed by atoms with E-state index in [0.717, 1.165) is 12.1 Å². The van der Waals surface area contributed by atoms with Crippen LogP contribution in [0, 0.1) is 11.6 Å². The highest BCUT2D eigenvalue weighted by atomic mass is 35.5. The fraction of sp³-hybridized carbons (Fsp3) is 0.300. The van der Waals surface area contributed by atoms with Gasteiger partial charge in [0.2, 0.25) is 0 Å². The van der Waals surface area contributed by atoms with Crippen LogP contribution in [0.15, 0.2) is 30.3 Å². The maximum Gasteiger partial charge on any atom is 0.425 e. The summed E-state index contributed by atoms with van der Waals surface area (Å²) in [6, 6.07) is 3.69. The molecular formula is C20H19ClF5N3O3. The number of carbonyl (C=O) groups excluding carboxylic acids is 2. The summed E-state index contributed by atoms with van der Waals surface area (Å²) < 4.78 is 72.4. The molecule has 174 valence electrons. The molecule has 0 saturated carbocycles. The number of amides is 3. The van der Waals surface area contributed by atoms with E-state index in [-0.39, 0.29) is 11.1 Å². The second-order valence-corrected chi connectivity index (χ2v) is 7.34. The van der Waals surface area contributed by atoms with Crippen molar-refractivity contribution >= 4 is 34.9 Å². The summed E-state index contributed by atoms with van der Waals surface area (Å²) in [7, 11) is 0. The van der Waals surface area contributed by atoms with Gasteiger partial charge in [0.25, 0.3) is 5.91 Å². The second-order valence-electron chi connectivity index (χ2n) is 6.93. The summed E-state index contributed by atoms with van der Waals surface area (Å²) in [6.07, 6.45) is -7.19. The SMILES string of the molecule is CC(C)NC(=O)Nc1cc(OC(C)C(F)(F)F)c(C(=O)Nc2c(F)cccc2Cl)cc1F. The first-order chi connectivity index (χ1) is 14.8. The zero-order chi connectivity index (χ0) is 24.2. The first kappa shape index (κ1) is 25.2. The third kappa shape index (κ3) is 6.46. The lowest BCUT2D eigenvalue weighted by molar-refractivity contribution is -0.189. The molecule has 0 heterocycles. The number of anilines is 2. The number of hydrogen-bond acceptors (Lipinski definition) is 3. The van der Waals surface area contributed by atoms with Crippen LogP contribution in [0.2, 0.25) is 5.02 Å². The average Bonchev–Trinajstić information content (AvgIpc) is 2.65. The van der Waals surface area contributed by atoms with Crippen LogP contribution in [0.1, 0.15) is 31.1 Å². The van der Waals surface area contributed by atoms with E-state index < -0.39 is 58.5 Å². The number of ether oxygens (including phenoxy) is 1. The molecule has 0 aliphatic heterocycles. The molecule has 0 spiro atoms. The Morgan fingerprint density at radius 3 is 2.25 bits per heavy atom. The number of hydrogen-bond donors (Lipinski definition) is 3. The molecule has 0 saturated heterocycles. The van der Waals surface area contributed by atoms with Crippen LogP contribution in [0.4, 0.5) is 38.1 Å². The fourth-order valence-corrected chi connectivity index (χ4v) is 2.61. The fourth-order valence-electron chi connectivity index (χ4n) is 2.40. The number of halogens is 6. The Morgan fingerprint density at radius 2 is 1.69 bits per heavy atom. The zero-order valence-electron chi connectivity index (χ0n) is 17.0. The topological polar surface area (TPSA) is 79.5 Å². The van der Waals surface area contributed by atoms with Gasteiger partial charge in [0, 0.05) is 12.1 Å². The molecule has 0 bridgehead atoms. The van der Waals surface area contributed by atoms with Crippen LogP contribution in [-0.4, -0.2) is 30.3 Å². The minimum absolute atomic E-state index is 0.186. The van der Waals surface area contributed by atoms with Gasteiger partial charge < -0.3 is 20.7 Å². The Bertz CT molecular complexity index is 994. The lowest BCUT2D eigenvalue weighted by Crippen LogP contribution is -2.34. The molecule has 1 unspecified atom stereocenters. The van der Waals surface area contributed by atoms with Crippen molar-refractivity contribution in [2.75, 3.05) is 10.6 Å². The Balaban J connectivity index is 2.46. The van der Waals surface area contributed by atoms with E-state index in [4.69, 9.17) is 16.3 Å². The summed E-state index contributed by atoms with van der Waals surface area (Å²) in [6.45, 7) is 3.95. The van der Waals surface area contributed by atoms with Gasteiger partial charge in [-0.05, 0) is 39.0 Å². The molecule has 2 aromatic rings. The minimum Gasteiger partial charge on any atom is -0.480 e. The standard InChI is InChI=1S/C20H19ClF5N3O3/c1-9(2)27-19(31)28-15-8-16(32-10(3)20(24,25)26)11(7-14(15)23)18(30)29-17-12(21)5-4-6-13(17)22/h4-10H,1-3H3,(H,29,30)(H2,27,28,31). The highest BCUT2D eigenvalue weighted by Gasteiger charge is 2.39. The van der Waals surface area contributed by atoms with Crippen LogP contribution < -0.4 is 20.7 Å². The number of urea groups is 1. The first-order valence-corrected chi connectivity index (χ1v) is 9.57. The van der Waals surface area contributed by atoms with E-state index in [1.807, 2.05) is 0 Å². The van der Waals surface area contributed by atoms with E-state index in [1.54, 1.807) is 13.8 Å². The van der Waals surface area contributed by atoms with Crippen molar-refractivity contribution in [2.45, 2.75) is 39.1 Å². The summed E-state index contributed by atoms with van der Waals surface area (Å²) in [4.78, 5) is 24.5. The number of para-hydroxylation sites is 1. The van der Waals surface area contributed by atoms with Gasteiger partial charge in [-0.15, -0.1) is 0 Å². The van der Waals surface area contributed by atoms with E-state index in [2.05, 4.69) is 16.0 Å². The van der Waals surface area contributed by atoms with Crippen LogP contribution in [-0.2, 0) is 0 Å². The van der Waals surface area contributed by atoms with Crippen molar-refractivity contribution in [3.05, 3.63) is 52.6 Å². The molecule has 2 rings (SSSR count). The number of rotatable bonds is 6. The summed E-state index contributed by atoms with van der Waals surface area (Å²) in [5, 5.41) is 6.44. The molecule has 0 fully saturated rings. The largest absolute Gasteiger partial charge is 0.480 e. The zero-order valence-corrected chi connectivity index (χ0v) is 17.8. The third-order valence-corrected chi connectivity index (χ3v) is 4.26. The number of benzene rings is 2. The molecule has 0 aliphatic rings. The van der Waals surface area contributed by atoms with E-state index in [0.29, 0.717) is 13.0 Å². The summed E-state index contributed by atoms with van der Waals surface area (Å²) in [5.74, 6) is -3.93. The van der Waals surface area contributed by atoms with Gasteiger partial charge in [0.05, 0.1) is 22.0 Å². The second kappa shape index (κ2) is 10.0. The van der Waals surface area contributed by atoms with Crippen molar-refractivity contribution < 1.29 is 36.3 Å². The van der Waals surface area contributed by atoms with Crippen LogP contribution >= 0.6 is 11.6 Å². The Kier molecular flexibility index (Phi) is 7.89. The van der Waals surface area contributed by atoms with Crippen molar-refractivity contribution in [1.29, 1.82) is 0 Å². The Hall–Kier alpha value is -3.08. The number of nitrogens with one attached hydrogen (secondary N) is 3. The molecular weight excluding hydrogens is 461 g/mol. The maximum atomic E-state index is 14.6. The predicted molar refractivity (Wildman–Crippen MR) is 109 cm³/mol. The molecule has 6 nitrogen and oxygen atoms in total. The first-order valence-electron chi connectivity index (χ1n) is 9.19. The van der Waals surface area contributed by atoms with Gasteiger partial charge >= 0.3 is 12.2 Å². The van der Waals surface area contributed by atoms with Crippen molar-refractivity contribution in [3.8, 4) is 5.75 Å². The van der Waals surface area contributed by atoms with Crippen LogP contribution in [0.25, 0.3) is 0 Å². The molecule has 0 radical (unpaired) electrons. The molecule has 3 N–H and O–H groups in total. The van der Waals surface area contributed by atoms with Gasteiger partial charge in [-0.2, -0.15) is 13.2 Å².